The van der Waals surface area contributed by atoms with Crippen LogP contribution in [0.2, 0.25) is 0 Å². The quantitative estimate of drug-likeness (QED) is 0.214. The number of nitrogens with zero attached hydrogens (tertiary/aromatic N) is 2. The summed E-state index contributed by atoms with van der Waals surface area (Å²) in [5.41, 5.74) is 1.81. The maximum atomic E-state index is 14.7. The van der Waals surface area contributed by atoms with Gasteiger partial charge in [-0.1, -0.05) is 23.3 Å². The zero-order valence-electron chi connectivity index (χ0n) is 19.1. The summed E-state index contributed by atoms with van der Waals surface area (Å²) < 4.78 is 55.3. The smallest absolute Gasteiger partial charge is 0.316 e. The highest BCUT2D eigenvalue weighted by atomic mass is 127. The Balaban J connectivity index is 1.52. The van der Waals surface area contributed by atoms with Gasteiger partial charge >= 0.3 is 6.01 Å². The van der Waals surface area contributed by atoms with Gasteiger partial charge in [0.25, 0.3) is 5.89 Å². The van der Waals surface area contributed by atoms with E-state index >= 15 is 0 Å². The minimum absolute atomic E-state index is 0.0219. The fourth-order valence-corrected chi connectivity index (χ4v) is 3.91. The van der Waals surface area contributed by atoms with Crippen molar-refractivity contribution in [1.82, 2.24) is 10.2 Å². The van der Waals surface area contributed by atoms with Crippen molar-refractivity contribution >= 4 is 40.0 Å². The molecule has 1 heterocycles. The minimum Gasteiger partial charge on any atom is -0.491 e. The van der Waals surface area contributed by atoms with Crippen molar-refractivity contribution in [2.45, 2.75) is 26.8 Å². The molecule has 6 nitrogen and oxygen atoms in total. The first-order valence-electron chi connectivity index (χ1n) is 10.7. The molecular weight excluding hydrogens is 572 g/mol. The molecule has 1 atom stereocenters. The lowest BCUT2D eigenvalue weighted by Gasteiger charge is -2.16. The fraction of sp³-hybridized carbons (Fsp3) is 0.200. The lowest BCUT2D eigenvalue weighted by molar-refractivity contribution is 0.298. The number of hydrogen-bond acceptors (Lipinski definition) is 6. The topological polar surface area (TPSA) is 72.2 Å². The molecule has 0 saturated carbocycles. The van der Waals surface area contributed by atoms with Crippen molar-refractivity contribution in [2.75, 3.05) is 17.2 Å². The van der Waals surface area contributed by atoms with Gasteiger partial charge in [0.05, 0.1) is 23.0 Å². The summed E-state index contributed by atoms with van der Waals surface area (Å²) in [5, 5.41) is 13.6. The van der Waals surface area contributed by atoms with Crippen molar-refractivity contribution in [2.24, 2.45) is 0 Å². The molecule has 0 bridgehead atoms. The van der Waals surface area contributed by atoms with Crippen molar-refractivity contribution in [3.8, 4) is 17.2 Å². The summed E-state index contributed by atoms with van der Waals surface area (Å²) in [7, 11) is 0. The number of rotatable bonds is 8. The minimum atomic E-state index is -1.19. The van der Waals surface area contributed by atoms with Crippen LogP contribution in [0.15, 0.2) is 52.9 Å². The van der Waals surface area contributed by atoms with Gasteiger partial charge in [-0.2, -0.15) is 0 Å². The predicted octanol–water partition coefficient (Wildman–Crippen LogP) is 7.00. The van der Waals surface area contributed by atoms with Crippen LogP contribution in [0.25, 0.3) is 11.5 Å². The first-order chi connectivity index (χ1) is 16.7. The molecule has 0 aliphatic heterocycles. The molecule has 182 valence electrons. The second kappa shape index (κ2) is 10.5. The van der Waals surface area contributed by atoms with Gasteiger partial charge in [0.2, 0.25) is 0 Å². The Morgan fingerprint density at radius 2 is 1.74 bits per heavy atom. The van der Waals surface area contributed by atoms with E-state index in [0.29, 0.717) is 10.2 Å². The Hall–Kier alpha value is -3.28. The van der Waals surface area contributed by atoms with Gasteiger partial charge in [-0.3, -0.25) is 0 Å². The number of ether oxygens (including phenoxy) is 1. The zero-order valence-corrected chi connectivity index (χ0v) is 21.3. The Morgan fingerprint density at radius 3 is 2.46 bits per heavy atom. The average molecular weight is 594 g/mol. The third-order valence-corrected chi connectivity index (χ3v) is 5.87. The number of aryl methyl sites for hydroxylation is 2. The highest BCUT2D eigenvalue weighted by Gasteiger charge is 2.21. The maximum absolute atomic E-state index is 14.7. The van der Waals surface area contributed by atoms with Crippen LogP contribution in [-0.2, 0) is 0 Å². The van der Waals surface area contributed by atoms with Crippen LogP contribution in [0, 0.1) is 34.9 Å². The van der Waals surface area contributed by atoms with Gasteiger partial charge < -0.3 is 19.8 Å². The number of hydrogen-bond donors (Lipinski definition) is 2. The molecule has 1 aromatic heterocycles. The number of benzene rings is 3. The van der Waals surface area contributed by atoms with Gasteiger partial charge in [0.1, 0.15) is 18.2 Å². The molecule has 1 unspecified atom stereocenters. The molecule has 0 fully saturated rings. The molecule has 4 rings (SSSR count). The molecule has 4 aromatic rings. The van der Waals surface area contributed by atoms with Gasteiger partial charge in [-0.05, 0) is 84.8 Å². The Labute approximate surface area is 214 Å². The highest BCUT2D eigenvalue weighted by molar-refractivity contribution is 14.1. The lowest BCUT2D eigenvalue weighted by atomic mass is 10.1. The maximum Gasteiger partial charge on any atom is 0.316 e. The molecule has 0 aliphatic carbocycles. The SMILES string of the molecule is Cc1cccc(C)c1OCC(C)Nc1nnc(-c2ccc(F)c(F)c2Nc2ccc(I)cc2F)o1. The lowest BCUT2D eigenvalue weighted by Crippen LogP contribution is -2.24. The third kappa shape index (κ3) is 5.69. The molecule has 0 radical (unpaired) electrons. The van der Waals surface area contributed by atoms with E-state index in [2.05, 4.69) is 20.8 Å². The van der Waals surface area contributed by atoms with Crippen LogP contribution in [-0.4, -0.2) is 22.8 Å². The summed E-state index contributed by atoms with van der Waals surface area (Å²) in [5.74, 6) is -2.16. The highest BCUT2D eigenvalue weighted by Crippen LogP contribution is 2.35. The van der Waals surface area contributed by atoms with Crippen LogP contribution in [0.5, 0.6) is 5.75 Å². The molecule has 10 heteroatoms. The average Bonchev–Trinajstić information content (AvgIpc) is 3.26. The van der Waals surface area contributed by atoms with Crippen LogP contribution in [0.1, 0.15) is 18.1 Å². The Kier molecular flexibility index (Phi) is 7.48. The molecule has 0 amide bonds. The third-order valence-electron chi connectivity index (χ3n) is 5.20. The van der Waals surface area contributed by atoms with Gasteiger partial charge in [0, 0.05) is 3.57 Å². The van der Waals surface area contributed by atoms with E-state index in [9.17, 15) is 13.2 Å². The first kappa shape index (κ1) is 24.8. The zero-order chi connectivity index (χ0) is 25.1. The van der Waals surface area contributed by atoms with E-state index < -0.39 is 17.5 Å². The van der Waals surface area contributed by atoms with E-state index in [0.717, 1.165) is 22.9 Å². The van der Waals surface area contributed by atoms with Gasteiger partial charge in [-0.25, -0.2) is 13.2 Å². The van der Waals surface area contributed by atoms with E-state index in [1.807, 2.05) is 61.6 Å². The number of aromatic nitrogens is 2. The van der Waals surface area contributed by atoms with E-state index in [1.54, 1.807) is 6.07 Å². The Morgan fingerprint density at radius 1 is 1.00 bits per heavy atom. The molecule has 0 spiro atoms. The molecule has 0 saturated heterocycles. The summed E-state index contributed by atoms with van der Waals surface area (Å²) in [4.78, 5) is 0. The molecule has 3 aromatic carbocycles. The van der Waals surface area contributed by atoms with Crippen LogP contribution >= 0.6 is 22.6 Å². The van der Waals surface area contributed by atoms with Crippen molar-refractivity contribution in [1.29, 1.82) is 0 Å². The number of halogens is 4. The van der Waals surface area contributed by atoms with Crippen molar-refractivity contribution < 1.29 is 22.3 Å². The summed E-state index contributed by atoms with van der Waals surface area (Å²) in [6, 6.07) is 12.4. The van der Waals surface area contributed by atoms with Crippen LogP contribution in [0.3, 0.4) is 0 Å². The largest absolute Gasteiger partial charge is 0.491 e. The number of nitrogens with one attached hydrogen (secondary N) is 2. The second-order valence-corrected chi connectivity index (χ2v) is 9.27. The first-order valence-corrected chi connectivity index (χ1v) is 11.8. The standard InChI is InChI=1S/C25H22F3IN4O2/c1-13-5-4-6-14(2)23(13)34-12-15(3)30-25-33-32-24(35-25)17-8-9-18(26)21(28)22(17)31-20-10-7-16(29)11-19(20)27/h4-11,15,31H,12H2,1-3H3,(H,30,33). The molecule has 0 aliphatic rings. The normalized spacial score (nSPS) is 11.9. The van der Waals surface area contributed by atoms with Gasteiger partial charge in [-0.15, -0.1) is 5.10 Å². The number of anilines is 3. The van der Waals surface area contributed by atoms with Crippen LogP contribution < -0.4 is 15.4 Å². The molecule has 2 N–H and O–H groups in total. The van der Waals surface area contributed by atoms with Crippen LogP contribution in [0.4, 0.5) is 30.6 Å². The fourth-order valence-electron chi connectivity index (χ4n) is 3.45. The summed E-state index contributed by atoms with van der Waals surface area (Å²) in [6.07, 6.45) is 0. The molecular formula is C25H22F3IN4O2. The number of para-hydroxylation sites is 1. The van der Waals surface area contributed by atoms with E-state index in [-0.39, 0.29) is 34.9 Å². The van der Waals surface area contributed by atoms with Crippen molar-refractivity contribution in [3.05, 3.63) is 80.7 Å². The van der Waals surface area contributed by atoms with Crippen molar-refractivity contribution in [3.63, 3.8) is 0 Å². The second-order valence-electron chi connectivity index (χ2n) is 8.02. The summed E-state index contributed by atoms with van der Waals surface area (Å²) >= 11 is 1.95. The monoisotopic (exact) mass is 594 g/mol. The van der Waals surface area contributed by atoms with E-state index in [1.165, 1.54) is 18.2 Å². The Bertz CT molecular complexity index is 1340. The predicted molar refractivity (Wildman–Crippen MR) is 137 cm³/mol. The van der Waals surface area contributed by atoms with E-state index in [4.69, 9.17) is 9.15 Å². The summed E-state index contributed by atoms with van der Waals surface area (Å²) in [6.45, 7) is 6.15. The van der Waals surface area contributed by atoms with Gasteiger partial charge in [0.15, 0.2) is 11.6 Å². The molecule has 35 heavy (non-hydrogen) atoms.